The molecule has 32 heavy (non-hydrogen) atoms. The molecule has 0 aliphatic carbocycles. The van der Waals surface area contributed by atoms with Crippen molar-refractivity contribution in [2.75, 3.05) is 26.2 Å². The van der Waals surface area contributed by atoms with Gasteiger partial charge in [-0.25, -0.2) is 5.48 Å². The van der Waals surface area contributed by atoms with Crippen LogP contribution in [0.2, 0.25) is 0 Å². The molecule has 2 aromatic carbocycles. The number of nitrogens with zero attached hydrogens (tertiary/aromatic N) is 1. The number of carbonyl (C=O) groups excluding carboxylic acids is 2. The van der Waals surface area contributed by atoms with Crippen LogP contribution in [0, 0.1) is 0 Å². The second-order valence-corrected chi connectivity index (χ2v) is 7.67. The van der Waals surface area contributed by atoms with Crippen LogP contribution in [0.4, 0.5) is 0 Å². The monoisotopic (exact) mass is 443 g/mol. The molecular weight excluding hydrogens is 410 g/mol. The van der Waals surface area contributed by atoms with Gasteiger partial charge in [-0.15, -0.1) is 0 Å². The summed E-state index contributed by atoms with van der Waals surface area (Å²) in [5, 5.41) is 20.8. The van der Waals surface area contributed by atoms with E-state index < -0.39 is 24.0 Å². The lowest BCUT2D eigenvalue weighted by Crippen LogP contribution is -2.51. The number of nitrogens with one attached hydrogen (secondary N) is 2. The van der Waals surface area contributed by atoms with Crippen molar-refractivity contribution in [1.29, 1.82) is 0 Å². The average Bonchev–Trinajstić information content (AvgIpc) is 3.31. The molecule has 4 N–H and O–H groups in total. The Hall–Kier alpha value is -2.94. The molecule has 1 fully saturated rings. The fourth-order valence-electron chi connectivity index (χ4n) is 3.56. The largest absolute Gasteiger partial charge is 0.492 e. The number of hydroxylamine groups is 1. The highest BCUT2D eigenvalue weighted by atomic mass is 16.5. The van der Waals surface area contributed by atoms with Gasteiger partial charge in [-0.2, -0.15) is 0 Å². The Labute approximate surface area is 189 Å². The van der Waals surface area contributed by atoms with Gasteiger partial charge in [-0.1, -0.05) is 31.7 Å². The van der Waals surface area contributed by atoms with Crippen molar-refractivity contribution < 1.29 is 24.6 Å². The van der Waals surface area contributed by atoms with Gasteiger partial charge in [0.25, 0.3) is 11.8 Å². The Balaban J connectivity index is 0.00000363. The van der Waals surface area contributed by atoms with Gasteiger partial charge in [-0.05, 0) is 68.2 Å². The van der Waals surface area contributed by atoms with Gasteiger partial charge in [0.05, 0.1) is 6.10 Å². The maximum atomic E-state index is 12.4. The Morgan fingerprint density at radius 2 is 1.59 bits per heavy atom. The van der Waals surface area contributed by atoms with Crippen molar-refractivity contribution in [3.05, 3.63) is 54.1 Å². The molecule has 2 amide bonds. The predicted molar refractivity (Wildman–Crippen MR) is 123 cm³/mol. The first-order valence-electron chi connectivity index (χ1n) is 10.5. The normalized spacial score (nSPS) is 15.3. The van der Waals surface area contributed by atoms with Gasteiger partial charge >= 0.3 is 0 Å². The van der Waals surface area contributed by atoms with Crippen molar-refractivity contribution in [1.82, 2.24) is 15.7 Å². The molecule has 1 aliphatic rings. The Bertz CT molecular complexity index is 862. The Morgan fingerprint density at radius 3 is 2.12 bits per heavy atom. The third-order valence-electron chi connectivity index (χ3n) is 5.37. The third kappa shape index (κ3) is 6.78. The van der Waals surface area contributed by atoms with Crippen LogP contribution in [0.1, 0.15) is 37.6 Å². The summed E-state index contributed by atoms with van der Waals surface area (Å²) in [4.78, 5) is 26.3. The zero-order valence-electron chi connectivity index (χ0n) is 17.6. The maximum absolute atomic E-state index is 12.4. The molecule has 8 heteroatoms. The second-order valence-electron chi connectivity index (χ2n) is 7.67. The highest BCUT2D eigenvalue weighted by Gasteiger charge is 2.25. The number of aliphatic hydroxyl groups excluding tert-OH is 1. The number of aliphatic hydroxyl groups is 1. The fourth-order valence-corrected chi connectivity index (χ4v) is 3.56. The molecule has 0 aromatic heterocycles. The van der Waals surface area contributed by atoms with E-state index >= 15 is 0 Å². The number of benzene rings is 2. The lowest BCUT2D eigenvalue weighted by molar-refractivity contribution is -0.133. The van der Waals surface area contributed by atoms with Crippen molar-refractivity contribution in [3.63, 3.8) is 0 Å². The van der Waals surface area contributed by atoms with Crippen LogP contribution in [0.25, 0.3) is 11.1 Å². The molecule has 0 bridgehead atoms. The van der Waals surface area contributed by atoms with E-state index in [1.165, 1.54) is 25.2 Å². The van der Waals surface area contributed by atoms with E-state index in [-0.39, 0.29) is 7.43 Å². The molecule has 3 rings (SSSR count). The van der Waals surface area contributed by atoms with Gasteiger partial charge in [-0.3, -0.25) is 19.7 Å². The molecule has 174 valence electrons. The summed E-state index contributed by atoms with van der Waals surface area (Å²) in [6.07, 6.45) is 1.38. The zero-order chi connectivity index (χ0) is 22.2. The van der Waals surface area contributed by atoms with E-state index in [9.17, 15) is 14.7 Å². The maximum Gasteiger partial charge on any atom is 0.268 e. The van der Waals surface area contributed by atoms with E-state index in [0.717, 1.165) is 36.5 Å². The quantitative estimate of drug-likeness (QED) is 0.350. The predicted octanol–water partition coefficient (Wildman–Crippen LogP) is 2.45. The molecule has 1 saturated heterocycles. The summed E-state index contributed by atoms with van der Waals surface area (Å²) in [5.74, 6) is -0.587. The molecule has 0 saturated carbocycles. The van der Waals surface area contributed by atoms with Crippen molar-refractivity contribution in [3.8, 4) is 16.9 Å². The van der Waals surface area contributed by atoms with Crippen LogP contribution in [0.5, 0.6) is 5.75 Å². The topological polar surface area (TPSA) is 111 Å². The molecule has 0 spiro atoms. The van der Waals surface area contributed by atoms with Crippen LogP contribution >= 0.6 is 0 Å². The first-order chi connectivity index (χ1) is 15.0. The first kappa shape index (κ1) is 25.3. The van der Waals surface area contributed by atoms with Crippen molar-refractivity contribution >= 4 is 11.8 Å². The van der Waals surface area contributed by atoms with E-state index in [4.69, 9.17) is 9.94 Å². The molecular formula is C24H33N3O5. The van der Waals surface area contributed by atoms with E-state index in [1.807, 2.05) is 36.4 Å². The molecule has 0 unspecified atom stereocenters. The highest BCUT2D eigenvalue weighted by Crippen LogP contribution is 2.23. The number of likely N-dealkylation sites (tertiary alicyclic amines) is 1. The molecule has 0 radical (unpaired) electrons. The lowest BCUT2D eigenvalue weighted by atomic mass is 10.0. The average molecular weight is 444 g/mol. The minimum absolute atomic E-state index is 0. The summed E-state index contributed by atoms with van der Waals surface area (Å²) in [5.41, 5.74) is 3.69. The molecule has 2 atom stereocenters. The minimum atomic E-state index is -1.25. The number of hydrogen-bond donors (Lipinski definition) is 4. The van der Waals surface area contributed by atoms with Gasteiger partial charge in [0.2, 0.25) is 0 Å². The van der Waals surface area contributed by atoms with E-state index in [2.05, 4.69) is 10.2 Å². The SMILES string of the molecule is C.C[C@@H](O)[C@H](NC(=O)c1ccc(-c2ccc(OCCN3CCCC3)cc2)cc1)C(=O)NO. The van der Waals surface area contributed by atoms with Crippen molar-refractivity contribution in [2.24, 2.45) is 0 Å². The third-order valence-corrected chi connectivity index (χ3v) is 5.37. The number of carbonyl (C=O) groups is 2. The van der Waals surface area contributed by atoms with Gasteiger partial charge in [0.1, 0.15) is 18.4 Å². The number of rotatable bonds is 9. The van der Waals surface area contributed by atoms with Gasteiger partial charge in [0.15, 0.2) is 0 Å². The molecule has 2 aromatic rings. The highest BCUT2D eigenvalue weighted by molar-refractivity contribution is 5.97. The standard InChI is InChI=1S/C23H29N3O5.CH4/c1-16(27)21(23(29)25-30)24-22(28)19-6-4-17(5-7-19)18-8-10-20(11-9-18)31-15-14-26-12-2-3-13-26;/h4-11,16,21,27,30H,2-3,12-15H2,1H3,(H,24,28)(H,25,29);1H4/t16-,21+;/m1./s1. The molecule has 1 heterocycles. The van der Waals surface area contributed by atoms with E-state index in [0.29, 0.717) is 12.2 Å². The van der Waals surface area contributed by atoms with Crippen molar-refractivity contribution in [2.45, 2.75) is 39.3 Å². The van der Waals surface area contributed by atoms with Crippen LogP contribution < -0.4 is 15.5 Å². The molecule has 1 aliphatic heterocycles. The van der Waals surface area contributed by atoms with E-state index in [1.54, 1.807) is 12.1 Å². The summed E-state index contributed by atoms with van der Waals surface area (Å²) >= 11 is 0. The first-order valence-corrected chi connectivity index (χ1v) is 10.5. The van der Waals surface area contributed by atoms with Crippen LogP contribution in [0.3, 0.4) is 0 Å². The van der Waals surface area contributed by atoms with Crippen LogP contribution in [-0.4, -0.2) is 65.4 Å². The Morgan fingerprint density at radius 1 is 1.03 bits per heavy atom. The molecule has 8 nitrogen and oxygen atoms in total. The summed E-state index contributed by atoms with van der Waals surface area (Å²) in [6, 6.07) is 13.4. The zero-order valence-corrected chi connectivity index (χ0v) is 17.6. The Kier molecular flexibility index (Phi) is 9.64. The van der Waals surface area contributed by atoms with Crippen LogP contribution in [-0.2, 0) is 4.79 Å². The summed E-state index contributed by atoms with van der Waals surface area (Å²) in [6.45, 7) is 5.28. The van der Waals surface area contributed by atoms with Gasteiger partial charge in [0, 0.05) is 12.1 Å². The number of amides is 2. The summed E-state index contributed by atoms with van der Waals surface area (Å²) in [7, 11) is 0. The number of ether oxygens (including phenoxy) is 1. The summed E-state index contributed by atoms with van der Waals surface area (Å²) < 4.78 is 5.83. The number of hydrogen-bond acceptors (Lipinski definition) is 6. The minimum Gasteiger partial charge on any atom is -0.492 e. The van der Waals surface area contributed by atoms with Crippen LogP contribution in [0.15, 0.2) is 48.5 Å². The van der Waals surface area contributed by atoms with Gasteiger partial charge < -0.3 is 15.2 Å². The smallest absolute Gasteiger partial charge is 0.268 e. The fraction of sp³-hybridized carbons (Fsp3) is 0.417. The second kappa shape index (κ2) is 12.2. The lowest BCUT2D eigenvalue weighted by Gasteiger charge is -2.19.